The fourth-order valence-electron chi connectivity index (χ4n) is 4.32. The molecular weight excluding hydrogens is 424 g/mol. The molecule has 0 amide bonds. The maximum absolute atomic E-state index is 11.9. The van der Waals surface area contributed by atoms with E-state index in [9.17, 15) is 4.79 Å². The van der Waals surface area contributed by atoms with E-state index in [0.717, 1.165) is 58.9 Å². The summed E-state index contributed by atoms with van der Waals surface area (Å²) >= 11 is 6.06. The number of benzene rings is 2. The second kappa shape index (κ2) is 8.78. The average Bonchev–Trinajstić information content (AvgIpc) is 2.80. The first-order chi connectivity index (χ1) is 15.6. The minimum absolute atomic E-state index is 0.165. The zero-order chi connectivity index (χ0) is 22.1. The predicted molar refractivity (Wildman–Crippen MR) is 126 cm³/mol. The van der Waals surface area contributed by atoms with Crippen molar-refractivity contribution in [3.05, 3.63) is 71.1 Å². The highest BCUT2D eigenvalue weighted by molar-refractivity contribution is 6.31. The number of piperazine rings is 1. The van der Waals surface area contributed by atoms with Crippen molar-refractivity contribution in [2.45, 2.75) is 19.1 Å². The third-order valence-electron chi connectivity index (χ3n) is 6.00. The van der Waals surface area contributed by atoms with E-state index in [1.807, 2.05) is 42.6 Å². The van der Waals surface area contributed by atoms with Crippen LogP contribution in [0, 0.1) is 0 Å². The molecule has 8 heteroatoms. The van der Waals surface area contributed by atoms with Crippen LogP contribution in [-0.2, 0) is 17.9 Å². The number of hydrogen-bond acceptors (Lipinski definition) is 7. The summed E-state index contributed by atoms with van der Waals surface area (Å²) in [5.74, 6) is 0.479. The third-order valence-corrected chi connectivity index (χ3v) is 6.24. The van der Waals surface area contributed by atoms with Gasteiger partial charge in [0.05, 0.1) is 17.1 Å². The Kier molecular flexibility index (Phi) is 5.70. The molecule has 2 aromatic carbocycles. The number of nitrogen functional groups attached to an aromatic ring is 1. The minimum Gasteiger partial charge on any atom is -0.383 e. The van der Waals surface area contributed by atoms with Gasteiger partial charge in [-0.15, -0.1) is 0 Å². The van der Waals surface area contributed by atoms with Gasteiger partial charge in [0.15, 0.2) is 0 Å². The molecule has 0 radical (unpaired) electrons. The van der Waals surface area contributed by atoms with Gasteiger partial charge in [-0.2, -0.15) is 0 Å². The van der Waals surface area contributed by atoms with Crippen molar-refractivity contribution in [3.63, 3.8) is 0 Å². The molecule has 0 bridgehead atoms. The van der Waals surface area contributed by atoms with E-state index in [0.29, 0.717) is 23.9 Å². The topological polar surface area (TPSA) is 88.2 Å². The second-order valence-corrected chi connectivity index (χ2v) is 8.64. The molecule has 5 rings (SSSR count). The van der Waals surface area contributed by atoms with Gasteiger partial charge in [-0.05, 0) is 41.5 Å². The Hall–Kier alpha value is -3.13. The fourth-order valence-corrected chi connectivity index (χ4v) is 4.48. The molecule has 1 aliphatic rings. The van der Waals surface area contributed by atoms with Crippen LogP contribution in [0.4, 0.5) is 5.82 Å². The standard InChI is InChI=1S/C24H23ClN6O/c25-19-3-2-18-7-17(10-27-22(18)9-19)11-30-5-6-31(20(13-30)14-32)12-16-1-4-21-23(8-16)28-15-29-24(21)26/h1-4,7-10,14-15,20H,5-6,11-13H2,(H2,26,28,29). The Morgan fingerprint density at radius 1 is 1.00 bits per heavy atom. The van der Waals surface area contributed by atoms with Gasteiger partial charge in [-0.1, -0.05) is 23.7 Å². The molecule has 3 heterocycles. The minimum atomic E-state index is -0.165. The molecule has 2 N–H and O–H groups in total. The second-order valence-electron chi connectivity index (χ2n) is 8.20. The number of nitrogens with two attached hydrogens (primary N) is 1. The molecule has 32 heavy (non-hydrogen) atoms. The maximum Gasteiger partial charge on any atom is 0.138 e. The van der Waals surface area contributed by atoms with E-state index < -0.39 is 0 Å². The molecule has 7 nitrogen and oxygen atoms in total. The summed E-state index contributed by atoms with van der Waals surface area (Å²) in [6.07, 6.45) is 4.42. The summed E-state index contributed by atoms with van der Waals surface area (Å²) in [6.45, 7) is 3.83. The summed E-state index contributed by atoms with van der Waals surface area (Å²) in [5, 5.41) is 2.60. The first-order valence-electron chi connectivity index (χ1n) is 10.5. The van der Waals surface area contributed by atoms with Gasteiger partial charge in [0, 0.05) is 54.7 Å². The Bertz CT molecular complexity index is 1300. The number of aldehydes is 1. The molecule has 0 spiro atoms. The number of anilines is 1. The molecule has 1 saturated heterocycles. The van der Waals surface area contributed by atoms with Gasteiger partial charge in [-0.3, -0.25) is 14.8 Å². The van der Waals surface area contributed by atoms with Crippen LogP contribution in [0.2, 0.25) is 5.02 Å². The van der Waals surface area contributed by atoms with Crippen molar-refractivity contribution in [1.82, 2.24) is 24.8 Å². The Balaban J connectivity index is 1.27. The molecule has 4 aromatic rings. The number of fused-ring (bicyclic) bond motifs is 2. The highest BCUT2D eigenvalue weighted by atomic mass is 35.5. The van der Waals surface area contributed by atoms with E-state index in [2.05, 4.69) is 30.8 Å². The van der Waals surface area contributed by atoms with E-state index in [4.69, 9.17) is 17.3 Å². The van der Waals surface area contributed by atoms with Crippen molar-refractivity contribution >= 4 is 45.5 Å². The number of halogens is 1. The number of hydrogen-bond donors (Lipinski definition) is 1. The summed E-state index contributed by atoms with van der Waals surface area (Å²) in [4.78, 5) is 29.3. The van der Waals surface area contributed by atoms with E-state index >= 15 is 0 Å². The number of nitrogens with zero attached hydrogens (tertiary/aromatic N) is 5. The van der Waals surface area contributed by atoms with Gasteiger partial charge >= 0.3 is 0 Å². The number of rotatable bonds is 5. The van der Waals surface area contributed by atoms with Crippen LogP contribution in [0.1, 0.15) is 11.1 Å². The average molecular weight is 447 g/mol. The molecule has 0 saturated carbocycles. The van der Waals surface area contributed by atoms with Crippen LogP contribution in [-0.4, -0.2) is 56.7 Å². The zero-order valence-corrected chi connectivity index (χ0v) is 18.2. The van der Waals surface area contributed by atoms with Gasteiger partial charge in [-0.25, -0.2) is 9.97 Å². The van der Waals surface area contributed by atoms with Gasteiger partial charge in [0.25, 0.3) is 0 Å². The van der Waals surface area contributed by atoms with Crippen molar-refractivity contribution in [3.8, 4) is 0 Å². The lowest BCUT2D eigenvalue weighted by Gasteiger charge is -2.39. The first kappa shape index (κ1) is 20.8. The Morgan fingerprint density at radius 2 is 1.91 bits per heavy atom. The lowest BCUT2D eigenvalue weighted by molar-refractivity contribution is -0.115. The fraction of sp³-hybridized carbons (Fsp3) is 0.250. The number of carbonyl (C=O) groups is 1. The van der Waals surface area contributed by atoms with E-state index in [1.54, 1.807) is 0 Å². The molecule has 1 fully saturated rings. The predicted octanol–water partition coefficient (Wildman–Crippen LogP) is 3.30. The highest BCUT2D eigenvalue weighted by Crippen LogP contribution is 2.22. The van der Waals surface area contributed by atoms with Crippen molar-refractivity contribution < 1.29 is 4.79 Å². The summed E-state index contributed by atoms with van der Waals surface area (Å²) in [7, 11) is 0. The largest absolute Gasteiger partial charge is 0.383 e. The van der Waals surface area contributed by atoms with Gasteiger partial charge < -0.3 is 10.5 Å². The summed E-state index contributed by atoms with van der Waals surface area (Å²) in [5.41, 5.74) is 9.87. The van der Waals surface area contributed by atoms with Gasteiger partial charge in [0.1, 0.15) is 18.4 Å². The van der Waals surface area contributed by atoms with Crippen LogP contribution in [0.5, 0.6) is 0 Å². The van der Waals surface area contributed by atoms with Crippen LogP contribution in [0.3, 0.4) is 0 Å². The van der Waals surface area contributed by atoms with Crippen molar-refractivity contribution in [2.24, 2.45) is 0 Å². The van der Waals surface area contributed by atoms with E-state index in [-0.39, 0.29) is 6.04 Å². The lowest BCUT2D eigenvalue weighted by Crippen LogP contribution is -2.53. The molecule has 2 aromatic heterocycles. The lowest BCUT2D eigenvalue weighted by atomic mass is 10.1. The van der Waals surface area contributed by atoms with Crippen LogP contribution in [0.25, 0.3) is 21.8 Å². The smallest absolute Gasteiger partial charge is 0.138 e. The highest BCUT2D eigenvalue weighted by Gasteiger charge is 2.27. The van der Waals surface area contributed by atoms with Crippen molar-refractivity contribution in [1.29, 1.82) is 0 Å². The normalized spacial score (nSPS) is 17.7. The van der Waals surface area contributed by atoms with Crippen LogP contribution >= 0.6 is 11.6 Å². The molecular formula is C24H23ClN6O. The quantitative estimate of drug-likeness (QED) is 0.470. The zero-order valence-electron chi connectivity index (χ0n) is 17.5. The number of carbonyl (C=O) groups excluding carboxylic acids is 1. The Morgan fingerprint density at radius 3 is 2.78 bits per heavy atom. The number of pyridine rings is 1. The van der Waals surface area contributed by atoms with Crippen LogP contribution in [0.15, 0.2) is 55.0 Å². The number of aromatic nitrogens is 3. The third kappa shape index (κ3) is 4.27. The summed E-state index contributed by atoms with van der Waals surface area (Å²) < 4.78 is 0. The van der Waals surface area contributed by atoms with Crippen molar-refractivity contribution in [2.75, 3.05) is 25.4 Å². The van der Waals surface area contributed by atoms with Gasteiger partial charge in [0.2, 0.25) is 0 Å². The molecule has 1 aliphatic heterocycles. The molecule has 162 valence electrons. The maximum atomic E-state index is 11.9. The SMILES string of the molecule is Nc1ncnc2cc(CN3CCN(Cc4cnc5cc(Cl)ccc5c4)CC3C=O)ccc12. The first-order valence-corrected chi connectivity index (χ1v) is 10.9. The summed E-state index contributed by atoms with van der Waals surface area (Å²) in [6, 6.07) is 13.7. The van der Waals surface area contributed by atoms with E-state index in [1.165, 1.54) is 6.33 Å². The monoisotopic (exact) mass is 446 g/mol. The Labute approximate surface area is 190 Å². The molecule has 1 unspecified atom stereocenters. The molecule has 1 atom stereocenters. The molecule has 0 aliphatic carbocycles. The van der Waals surface area contributed by atoms with Crippen LogP contribution < -0.4 is 5.73 Å².